The summed E-state index contributed by atoms with van der Waals surface area (Å²) in [6.07, 6.45) is 2.88. The van der Waals surface area contributed by atoms with E-state index in [1.807, 2.05) is 6.07 Å². The summed E-state index contributed by atoms with van der Waals surface area (Å²) in [5, 5.41) is 10.2. The summed E-state index contributed by atoms with van der Waals surface area (Å²) in [4.78, 5) is 36.2. The van der Waals surface area contributed by atoms with Crippen LogP contribution in [0.4, 0.5) is 11.4 Å². The van der Waals surface area contributed by atoms with Gasteiger partial charge in [-0.25, -0.2) is 0 Å². The third-order valence-electron chi connectivity index (χ3n) is 4.48. The van der Waals surface area contributed by atoms with Crippen molar-refractivity contribution in [2.45, 2.75) is 13.0 Å². The van der Waals surface area contributed by atoms with Crippen molar-refractivity contribution >= 4 is 34.1 Å². The van der Waals surface area contributed by atoms with Gasteiger partial charge in [0.2, 0.25) is 11.3 Å². The van der Waals surface area contributed by atoms with E-state index in [0.29, 0.717) is 28.8 Å². The highest BCUT2D eigenvalue weighted by Gasteiger charge is 2.10. The zero-order chi connectivity index (χ0) is 20.9. The Bertz CT molecular complexity index is 1240. The number of nitrogens with one attached hydrogen (secondary N) is 2. The molecule has 2 heterocycles. The van der Waals surface area contributed by atoms with E-state index in [-0.39, 0.29) is 29.4 Å². The summed E-state index contributed by atoms with van der Waals surface area (Å²) in [5.74, 6) is -0.319. The summed E-state index contributed by atoms with van der Waals surface area (Å²) in [6, 6.07) is 17.1. The highest BCUT2D eigenvalue weighted by molar-refractivity contribution is 6.02. The van der Waals surface area contributed by atoms with E-state index in [1.54, 1.807) is 59.3 Å². The molecule has 2 amide bonds. The minimum Gasteiger partial charge on any atom is -0.459 e. The average Bonchev–Trinajstić information content (AvgIpc) is 3.30. The highest BCUT2D eigenvalue weighted by Crippen LogP contribution is 2.15. The number of furan rings is 1. The normalized spacial score (nSPS) is 10.7. The molecule has 0 fully saturated rings. The molecule has 0 saturated carbocycles. The lowest BCUT2D eigenvalue weighted by Crippen LogP contribution is -2.18. The van der Waals surface area contributed by atoms with Gasteiger partial charge in [0.15, 0.2) is 5.76 Å². The molecule has 0 radical (unpaired) electrons. The fraction of sp³-hybridized carbons (Fsp3) is 0.0909. The SMILES string of the molecule is O=C(CCn1ncc(=O)c2ccccc21)Nc1ccc(NC(=O)c2ccco2)cc1. The molecule has 0 aliphatic carbocycles. The fourth-order valence-electron chi connectivity index (χ4n) is 3.01. The van der Waals surface area contributed by atoms with Gasteiger partial charge in [-0.05, 0) is 48.5 Å². The van der Waals surface area contributed by atoms with Crippen molar-refractivity contribution in [1.82, 2.24) is 9.78 Å². The van der Waals surface area contributed by atoms with E-state index in [1.165, 1.54) is 12.5 Å². The molecule has 0 atom stereocenters. The predicted octanol–water partition coefficient (Wildman–Crippen LogP) is 3.27. The van der Waals surface area contributed by atoms with E-state index in [9.17, 15) is 14.4 Å². The van der Waals surface area contributed by atoms with Crippen LogP contribution in [0.25, 0.3) is 10.9 Å². The zero-order valence-corrected chi connectivity index (χ0v) is 15.9. The number of benzene rings is 2. The standard InChI is InChI=1S/C22H18N4O4/c27-19-14-23-26(18-5-2-1-4-17(18)19)12-11-21(28)24-15-7-9-16(10-8-15)25-22(29)20-6-3-13-30-20/h1-10,13-14H,11-12H2,(H,24,28)(H,25,29). The molecule has 0 saturated heterocycles. The lowest BCUT2D eigenvalue weighted by atomic mass is 10.2. The van der Waals surface area contributed by atoms with Crippen LogP contribution in [0.1, 0.15) is 17.0 Å². The predicted molar refractivity (Wildman–Crippen MR) is 112 cm³/mol. The number of amides is 2. The lowest BCUT2D eigenvalue weighted by Gasteiger charge is -2.10. The molecule has 0 aliphatic rings. The minimum atomic E-state index is -0.349. The maximum absolute atomic E-state index is 12.3. The van der Waals surface area contributed by atoms with Crippen LogP contribution in [0, 0.1) is 0 Å². The van der Waals surface area contributed by atoms with Crippen LogP contribution >= 0.6 is 0 Å². The molecule has 0 aliphatic heterocycles. The summed E-state index contributed by atoms with van der Waals surface area (Å²) in [7, 11) is 0. The molecule has 4 aromatic rings. The maximum Gasteiger partial charge on any atom is 0.291 e. The molecule has 2 aromatic carbocycles. The second-order valence-corrected chi connectivity index (χ2v) is 6.56. The van der Waals surface area contributed by atoms with Crippen molar-refractivity contribution in [2.75, 3.05) is 10.6 Å². The van der Waals surface area contributed by atoms with Crippen molar-refractivity contribution in [2.24, 2.45) is 0 Å². The van der Waals surface area contributed by atoms with Gasteiger partial charge in [-0.1, -0.05) is 12.1 Å². The van der Waals surface area contributed by atoms with Gasteiger partial charge in [-0.3, -0.25) is 19.1 Å². The van der Waals surface area contributed by atoms with Gasteiger partial charge in [0.05, 0.1) is 24.5 Å². The van der Waals surface area contributed by atoms with Crippen LogP contribution in [-0.2, 0) is 11.3 Å². The highest BCUT2D eigenvalue weighted by atomic mass is 16.3. The number of aromatic nitrogens is 2. The van der Waals surface area contributed by atoms with Crippen molar-refractivity contribution < 1.29 is 14.0 Å². The van der Waals surface area contributed by atoms with Gasteiger partial charge in [0.25, 0.3) is 5.91 Å². The molecular weight excluding hydrogens is 384 g/mol. The van der Waals surface area contributed by atoms with E-state index < -0.39 is 0 Å². The smallest absolute Gasteiger partial charge is 0.291 e. The van der Waals surface area contributed by atoms with Crippen LogP contribution in [0.5, 0.6) is 0 Å². The van der Waals surface area contributed by atoms with Crippen molar-refractivity contribution in [3.63, 3.8) is 0 Å². The Morgan fingerprint density at radius 2 is 1.67 bits per heavy atom. The zero-order valence-electron chi connectivity index (χ0n) is 15.9. The molecular formula is C22H18N4O4. The summed E-state index contributed by atoms with van der Waals surface area (Å²) < 4.78 is 6.69. The first-order chi connectivity index (χ1) is 14.6. The topological polar surface area (TPSA) is 106 Å². The number of rotatable bonds is 6. The van der Waals surface area contributed by atoms with Crippen molar-refractivity contribution in [1.29, 1.82) is 0 Å². The fourth-order valence-corrected chi connectivity index (χ4v) is 3.01. The van der Waals surface area contributed by atoms with Crippen LogP contribution in [0.15, 0.2) is 82.3 Å². The van der Waals surface area contributed by atoms with Crippen molar-refractivity contribution in [3.05, 3.63) is 89.1 Å². The number of carbonyl (C=O) groups excluding carboxylic acids is 2. The van der Waals surface area contributed by atoms with Gasteiger partial charge in [0.1, 0.15) is 0 Å². The minimum absolute atomic E-state index is 0.148. The molecule has 4 rings (SSSR count). The van der Waals surface area contributed by atoms with E-state index in [4.69, 9.17) is 4.42 Å². The first-order valence-corrected chi connectivity index (χ1v) is 9.30. The van der Waals surface area contributed by atoms with E-state index >= 15 is 0 Å². The van der Waals surface area contributed by atoms with Gasteiger partial charge >= 0.3 is 0 Å². The number of anilines is 2. The van der Waals surface area contributed by atoms with Gasteiger partial charge < -0.3 is 15.1 Å². The third kappa shape index (κ3) is 4.27. The average molecular weight is 402 g/mol. The van der Waals surface area contributed by atoms with Gasteiger partial charge in [-0.2, -0.15) is 5.10 Å². The molecule has 0 unspecified atom stereocenters. The third-order valence-corrected chi connectivity index (χ3v) is 4.48. The molecule has 150 valence electrons. The monoisotopic (exact) mass is 402 g/mol. The molecule has 0 spiro atoms. The van der Waals surface area contributed by atoms with E-state index in [2.05, 4.69) is 15.7 Å². The van der Waals surface area contributed by atoms with Crippen molar-refractivity contribution in [3.8, 4) is 0 Å². The Balaban J connectivity index is 1.35. The number of hydrogen-bond donors (Lipinski definition) is 2. The first-order valence-electron chi connectivity index (χ1n) is 9.30. The number of fused-ring (bicyclic) bond motifs is 1. The van der Waals surface area contributed by atoms with Gasteiger partial charge in [0, 0.05) is 23.2 Å². The molecule has 30 heavy (non-hydrogen) atoms. The number of nitrogens with zero attached hydrogens (tertiary/aromatic N) is 2. The quantitative estimate of drug-likeness (QED) is 0.515. The summed E-state index contributed by atoms with van der Waals surface area (Å²) in [6.45, 7) is 0.337. The Morgan fingerprint density at radius 1 is 0.933 bits per heavy atom. The first kappa shape index (κ1) is 19.1. The molecule has 8 heteroatoms. The van der Waals surface area contributed by atoms with Crippen LogP contribution in [-0.4, -0.2) is 21.6 Å². The van der Waals surface area contributed by atoms with E-state index in [0.717, 1.165) is 0 Å². The Hall–Kier alpha value is -4.20. The summed E-state index contributed by atoms with van der Waals surface area (Å²) >= 11 is 0. The summed E-state index contributed by atoms with van der Waals surface area (Å²) in [5.41, 5.74) is 1.73. The largest absolute Gasteiger partial charge is 0.459 e. The Labute approximate surface area is 171 Å². The molecule has 2 aromatic heterocycles. The van der Waals surface area contributed by atoms with Crippen LogP contribution < -0.4 is 16.1 Å². The number of carbonyl (C=O) groups is 2. The number of aryl methyl sites for hydroxylation is 1. The molecule has 8 nitrogen and oxygen atoms in total. The second-order valence-electron chi connectivity index (χ2n) is 6.56. The lowest BCUT2D eigenvalue weighted by molar-refractivity contribution is -0.116. The Morgan fingerprint density at radius 3 is 2.40 bits per heavy atom. The number of hydrogen-bond acceptors (Lipinski definition) is 5. The molecule has 0 bridgehead atoms. The second kappa shape index (κ2) is 8.44. The number of para-hydroxylation sites is 1. The van der Waals surface area contributed by atoms with Crippen LogP contribution in [0.3, 0.4) is 0 Å². The maximum atomic E-state index is 12.3. The van der Waals surface area contributed by atoms with Gasteiger partial charge in [-0.15, -0.1) is 0 Å². The molecule has 2 N–H and O–H groups in total. The van der Waals surface area contributed by atoms with Crippen LogP contribution in [0.2, 0.25) is 0 Å². The Kier molecular flexibility index (Phi) is 5.38.